The van der Waals surface area contributed by atoms with Gasteiger partial charge in [0, 0.05) is 12.1 Å². The van der Waals surface area contributed by atoms with E-state index < -0.39 is 0 Å². The zero-order valence-electron chi connectivity index (χ0n) is 16.8. The van der Waals surface area contributed by atoms with E-state index >= 15 is 0 Å². The summed E-state index contributed by atoms with van der Waals surface area (Å²) in [5, 5.41) is 0. The van der Waals surface area contributed by atoms with Crippen LogP contribution < -0.4 is 10.5 Å². The molecule has 0 unspecified atom stereocenters. The molecular weight excluding hydrogens is 348 g/mol. The topological polar surface area (TPSA) is 64.3 Å². The van der Waals surface area contributed by atoms with E-state index in [-0.39, 0.29) is 0 Å². The number of anilines is 1. The Hall–Kier alpha value is -2.40. The van der Waals surface area contributed by atoms with Crippen LogP contribution in [0, 0.1) is 0 Å². The summed E-state index contributed by atoms with van der Waals surface area (Å²) in [5.74, 6) is 0.547. The molecular formula is C23H30N4O. The Morgan fingerprint density at radius 1 is 1.14 bits per heavy atom. The van der Waals surface area contributed by atoms with Crippen molar-refractivity contribution in [3.05, 3.63) is 52.7 Å². The van der Waals surface area contributed by atoms with E-state index in [1.165, 1.54) is 42.6 Å². The minimum Gasteiger partial charge on any atom is -0.463 e. The Morgan fingerprint density at radius 2 is 1.96 bits per heavy atom. The first kappa shape index (κ1) is 18.9. The quantitative estimate of drug-likeness (QED) is 0.703. The van der Waals surface area contributed by atoms with Crippen LogP contribution in [0.5, 0.6) is 6.01 Å². The number of aromatic nitrogens is 2. The summed E-state index contributed by atoms with van der Waals surface area (Å²) in [6.07, 6.45) is 8.63. The number of rotatable bonds is 8. The van der Waals surface area contributed by atoms with Crippen molar-refractivity contribution in [3.8, 4) is 6.01 Å². The van der Waals surface area contributed by atoms with Gasteiger partial charge in [0.25, 0.3) is 0 Å². The lowest BCUT2D eigenvalue weighted by Gasteiger charge is -2.15. The van der Waals surface area contributed by atoms with Crippen molar-refractivity contribution in [1.29, 1.82) is 0 Å². The minimum atomic E-state index is 0.403. The van der Waals surface area contributed by atoms with Gasteiger partial charge < -0.3 is 10.5 Å². The highest BCUT2D eigenvalue weighted by atomic mass is 16.5. The van der Waals surface area contributed by atoms with Gasteiger partial charge in [-0.2, -0.15) is 9.97 Å². The van der Waals surface area contributed by atoms with Crippen molar-refractivity contribution in [2.45, 2.75) is 52.0 Å². The molecule has 2 N–H and O–H groups in total. The van der Waals surface area contributed by atoms with Crippen molar-refractivity contribution in [1.82, 2.24) is 14.9 Å². The lowest BCUT2D eigenvalue weighted by molar-refractivity contribution is 0.285. The van der Waals surface area contributed by atoms with Crippen LogP contribution in [0.4, 0.5) is 5.82 Å². The molecule has 0 bridgehead atoms. The van der Waals surface area contributed by atoms with E-state index in [1.807, 2.05) is 0 Å². The molecule has 1 aromatic carbocycles. The molecule has 0 amide bonds. The van der Waals surface area contributed by atoms with Gasteiger partial charge in [0.1, 0.15) is 5.82 Å². The molecule has 4 rings (SSSR count). The van der Waals surface area contributed by atoms with E-state index in [1.54, 1.807) is 0 Å². The Labute approximate surface area is 167 Å². The third-order valence-electron chi connectivity index (χ3n) is 5.60. The van der Waals surface area contributed by atoms with Gasteiger partial charge in [0.05, 0.1) is 12.3 Å². The number of fused-ring (bicyclic) bond motifs is 1. The predicted molar refractivity (Wildman–Crippen MR) is 113 cm³/mol. The highest BCUT2D eigenvalue weighted by Crippen LogP contribution is 2.33. The van der Waals surface area contributed by atoms with Gasteiger partial charge in [-0.15, -0.1) is 0 Å². The second-order valence-electron chi connectivity index (χ2n) is 7.83. The van der Waals surface area contributed by atoms with E-state index in [2.05, 4.69) is 52.1 Å². The lowest BCUT2D eigenvalue weighted by atomic mass is 10.0. The second-order valence-corrected chi connectivity index (χ2v) is 7.83. The highest BCUT2D eigenvalue weighted by molar-refractivity contribution is 5.75. The van der Waals surface area contributed by atoms with Gasteiger partial charge in [-0.3, -0.25) is 4.90 Å². The molecule has 0 saturated carbocycles. The van der Waals surface area contributed by atoms with Crippen molar-refractivity contribution >= 4 is 11.4 Å². The van der Waals surface area contributed by atoms with Crippen LogP contribution >= 0.6 is 0 Å². The summed E-state index contributed by atoms with van der Waals surface area (Å²) in [6, 6.07) is 9.35. The second kappa shape index (κ2) is 8.74. The number of likely N-dealkylation sites (tertiary alicyclic amines) is 1. The van der Waals surface area contributed by atoms with E-state index in [0.29, 0.717) is 18.4 Å². The third kappa shape index (κ3) is 4.36. The molecule has 5 heteroatoms. The smallest absolute Gasteiger partial charge is 0.318 e. The van der Waals surface area contributed by atoms with Crippen molar-refractivity contribution in [3.63, 3.8) is 0 Å². The summed E-state index contributed by atoms with van der Waals surface area (Å²) in [7, 11) is 0. The molecule has 0 radical (unpaired) electrons. The first-order valence-corrected chi connectivity index (χ1v) is 10.5. The molecule has 2 aromatic rings. The molecule has 2 aliphatic rings. The van der Waals surface area contributed by atoms with Crippen LogP contribution in [0.25, 0.3) is 5.57 Å². The Balaban J connectivity index is 1.48. The molecule has 0 spiro atoms. The van der Waals surface area contributed by atoms with Crippen LogP contribution in [-0.4, -0.2) is 34.6 Å². The summed E-state index contributed by atoms with van der Waals surface area (Å²) in [5.41, 5.74) is 12.1. The number of nitrogens with two attached hydrogens (primary N) is 1. The average Bonchev–Trinajstić information content (AvgIpc) is 3.33. The van der Waals surface area contributed by atoms with Crippen LogP contribution in [0.3, 0.4) is 0 Å². The van der Waals surface area contributed by atoms with Gasteiger partial charge in [0.15, 0.2) is 0 Å². The largest absolute Gasteiger partial charge is 0.463 e. The Bertz CT molecular complexity index is 856. The van der Waals surface area contributed by atoms with Gasteiger partial charge in [-0.05, 0) is 61.9 Å². The molecule has 148 valence electrons. The zero-order chi connectivity index (χ0) is 19.3. The number of benzene rings is 1. The minimum absolute atomic E-state index is 0.403. The molecule has 2 heterocycles. The summed E-state index contributed by atoms with van der Waals surface area (Å²) < 4.78 is 5.71. The number of ether oxygens (including phenoxy) is 1. The predicted octanol–water partition coefficient (Wildman–Crippen LogP) is 4.02. The molecule has 28 heavy (non-hydrogen) atoms. The fourth-order valence-electron chi connectivity index (χ4n) is 4.05. The maximum atomic E-state index is 6.18. The van der Waals surface area contributed by atoms with Gasteiger partial charge >= 0.3 is 6.01 Å². The first-order valence-electron chi connectivity index (χ1n) is 10.5. The van der Waals surface area contributed by atoms with Crippen LogP contribution in [0.1, 0.15) is 55.0 Å². The van der Waals surface area contributed by atoms with Gasteiger partial charge in [-0.1, -0.05) is 43.7 Å². The lowest BCUT2D eigenvalue weighted by Crippen LogP contribution is -2.18. The number of nitrogens with zero attached hydrogens (tertiary/aromatic N) is 3. The van der Waals surface area contributed by atoms with Crippen molar-refractivity contribution < 1.29 is 4.74 Å². The zero-order valence-corrected chi connectivity index (χ0v) is 16.8. The number of hydrogen-bond acceptors (Lipinski definition) is 5. The number of hydrogen-bond donors (Lipinski definition) is 1. The summed E-state index contributed by atoms with van der Waals surface area (Å²) in [6.45, 7) is 6.26. The van der Waals surface area contributed by atoms with Crippen LogP contribution in [-0.2, 0) is 19.4 Å². The summed E-state index contributed by atoms with van der Waals surface area (Å²) in [4.78, 5) is 11.6. The van der Waals surface area contributed by atoms with E-state index in [0.717, 1.165) is 43.5 Å². The molecule has 5 nitrogen and oxygen atoms in total. The molecule has 1 saturated heterocycles. The van der Waals surface area contributed by atoms with E-state index in [9.17, 15) is 0 Å². The van der Waals surface area contributed by atoms with Crippen molar-refractivity contribution in [2.24, 2.45) is 0 Å². The molecule has 1 aliphatic heterocycles. The van der Waals surface area contributed by atoms with E-state index in [4.69, 9.17) is 10.5 Å². The molecule has 1 aromatic heterocycles. The normalized spacial score (nSPS) is 16.2. The standard InChI is InChI=1S/C23H30N4O/c1-2-3-13-28-23-25-21-19(9-10-20(21)22(24)26-23)15-17-7-6-8-18(14-17)16-27-11-4-5-12-27/h6-9,14H,2-5,10-13,15-16H2,1H3,(H2,24,25,26). The SMILES string of the molecule is CCCCOc1nc(N)c2c(n1)C(Cc1cccc(CN3CCCC3)c1)=CC2. The third-order valence-corrected chi connectivity index (χ3v) is 5.60. The maximum Gasteiger partial charge on any atom is 0.318 e. The Morgan fingerprint density at radius 3 is 2.79 bits per heavy atom. The van der Waals surface area contributed by atoms with Crippen LogP contribution in [0.2, 0.25) is 0 Å². The Kier molecular flexibility index (Phi) is 5.91. The monoisotopic (exact) mass is 378 g/mol. The van der Waals surface area contributed by atoms with Gasteiger partial charge in [-0.25, -0.2) is 0 Å². The fraction of sp³-hybridized carbons (Fsp3) is 0.478. The fourth-order valence-corrected chi connectivity index (χ4v) is 4.05. The summed E-state index contributed by atoms with van der Waals surface area (Å²) >= 11 is 0. The van der Waals surface area contributed by atoms with Gasteiger partial charge in [0.2, 0.25) is 0 Å². The number of allylic oxidation sites excluding steroid dienone is 2. The molecule has 0 atom stereocenters. The molecule has 1 aliphatic carbocycles. The highest BCUT2D eigenvalue weighted by Gasteiger charge is 2.21. The van der Waals surface area contributed by atoms with Crippen LogP contribution in [0.15, 0.2) is 30.3 Å². The first-order chi connectivity index (χ1) is 13.7. The maximum absolute atomic E-state index is 6.18. The average molecular weight is 379 g/mol. The molecule has 1 fully saturated rings. The van der Waals surface area contributed by atoms with Crippen molar-refractivity contribution in [2.75, 3.05) is 25.4 Å². The number of unbranched alkanes of at least 4 members (excludes halogenated alkanes) is 1. The number of nitrogen functional groups attached to an aromatic ring is 1.